The van der Waals surface area contributed by atoms with E-state index in [0.29, 0.717) is 16.7 Å². The van der Waals surface area contributed by atoms with Crippen LogP contribution in [0.2, 0.25) is 0 Å². The van der Waals surface area contributed by atoms with Crippen molar-refractivity contribution in [3.8, 4) is 5.75 Å². The third-order valence-electron chi connectivity index (χ3n) is 4.36. The van der Waals surface area contributed by atoms with Gasteiger partial charge in [0.2, 0.25) is 0 Å². The highest BCUT2D eigenvalue weighted by molar-refractivity contribution is 5.77. The Morgan fingerprint density at radius 3 is 2.56 bits per heavy atom. The molecule has 0 aliphatic carbocycles. The van der Waals surface area contributed by atoms with Gasteiger partial charge in [-0.1, -0.05) is 32.9 Å². The standard InChI is InChI=1S/C21H23FN2O3/c1-21(2,3)14-4-7-17(8-5-14)27-12-16(25)11-24-13-23-19-10-15(22)6-9-18(19)20(24)26/h4-10,13,16,25H,11-12H2,1-3H3/t16-/m0/s1. The van der Waals surface area contributed by atoms with E-state index in [4.69, 9.17) is 4.74 Å². The van der Waals surface area contributed by atoms with E-state index in [1.807, 2.05) is 24.3 Å². The molecule has 3 rings (SSSR count). The van der Waals surface area contributed by atoms with Gasteiger partial charge in [-0.3, -0.25) is 9.36 Å². The number of nitrogens with zero attached hydrogens (tertiary/aromatic N) is 2. The molecule has 0 radical (unpaired) electrons. The molecule has 5 nitrogen and oxygen atoms in total. The predicted molar refractivity (Wildman–Crippen MR) is 103 cm³/mol. The smallest absolute Gasteiger partial charge is 0.261 e. The molecule has 0 aliphatic heterocycles. The fraction of sp³-hybridized carbons (Fsp3) is 0.333. The number of benzene rings is 2. The van der Waals surface area contributed by atoms with E-state index in [-0.39, 0.29) is 24.1 Å². The van der Waals surface area contributed by atoms with Gasteiger partial charge >= 0.3 is 0 Å². The number of aliphatic hydroxyl groups is 1. The molecule has 0 fully saturated rings. The van der Waals surface area contributed by atoms with Gasteiger partial charge in [-0.05, 0) is 35.2 Å². The molecule has 0 aliphatic rings. The summed E-state index contributed by atoms with van der Waals surface area (Å²) < 4.78 is 20.1. The van der Waals surface area contributed by atoms with Gasteiger partial charge < -0.3 is 9.84 Å². The lowest BCUT2D eigenvalue weighted by atomic mass is 9.87. The Bertz CT molecular complexity index is 991. The van der Waals surface area contributed by atoms with Crippen LogP contribution in [0.25, 0.3) is 10.9 Å². The first-order chi connectivity index (χ1) is 12.7. The first-order valence-corrected chi connectivity index (χ1v) is 8.80. The van der Waals surface area contributed by atoms with Crippen molar-refractivity contribution in [2.24, 2.45) is 0 Å². The predicted octanol–water partition coefficient (Wildman–Crippen LogP) is 3.27. The highest BCUT2D eigenvalue weighted by Crippen LogP contribution is 2.24. The normalized spacial score (nSPS) is 12.9. The van der Waals surface area contributed by atoms with E-state index < -0.39 is 11.9 Å². The number of rotatable bonds is 5. The summed E-state index contributed by atoms with van der Waals surface area (Å²) in [6, 6.07) is 11.6. The number of aromatic nitrogens is 2. The van der Waals surface area contributed by atoms with Crippen molar-refractivity contribution in [3.63, 3.8) is 0 Å². The fourth-order valence-electron chi connectivity index (χ4n) is 2.78. The molecule has 2 aromatic carbocycles. The average Bonchev–Trinajstić information content (AvgIpc) is 2.62. The second kappa shape index (κ2) is 7.48. The molecule has 6 heteroatoms. The van der Waals surface area contributed by atoms with Crippen LogP contribution in [0, 0.1) is 5.82 Å². The van der Waals surface area contributed by atoms with Gasteiger partial charge in [0.15, 0.2) is 0 Å². The first-order valence-electron chi connectivity index (χ1n) is 8.80. The van der Waals surface area contributed by atoms with Crippen LogP contribution in [0.4, 0.5) is 4.39 Å². The van der Waals surface area contributed by atoms with Crippen molar-refractivity contribution >= 4 is 10.9 Å². The molecule has 1 atom stereocenters. The molecule has 0 bridgehead atoms. The van der Waals surface area contributed by atoms with Gasteiger partial charge in [0.1, 0.15) is 24.3 Å². The molecule has 1 N–H and O–H groups in total. The number of aliphatic hydroxyl groups excluding tert-OH is 1. The molecule has 1 aromatic heterocycles. The van der Waals surface area contributed by atoms with Crippen LogP contribution in [0.5, 0.6) is 5.75 Å². The Kier molecular flexibility index (Phi) is 5.28. The molecule has 0 unspecified atom stereocenters. The summed E-state index contributed by atoms with van der Waals surface area (Å²) in [5.74, 6) is 0.208. The van der Waals surface area contributed by atoms with E-state index in [2.05, 4.69) is 25.8 Å². The van der Waals surface area contributed by atoms with Gasteiger partial charge in [0.25, 0.3) is 5.56 Å². The van der Waals surface area contributed by atoms with E-state index in [0.717, 1.165) is 0 Å². The Hall–Kier alpha value is -2.73. The Morgan fingerprint density at radius 1 is 1.19 bits per heavy atom. The quantitative estimate of drug-likeness (QED) is 0.749. The van der Waals surface area contributed by atoms with E-state index in [1.54, 1.807) is 0 Å². The van der Waals surface area contributed by atoms with Crippen LogP contribution in [-0.4, -0.2) is 27.4 Å². The van der Waals surface area contributed by atoms with Gasteiger partial charge in [0, 0.05) is 6.07 Å². The Labute approximate surface area is 157 Å². The SMILES string of the molecule is CC(C)(C)c1ccc(OC[C@@H](O)Cn2cnc3cc(F)ccc3c2=O)cc1. The summed E-state index contributed by atoms with van der Waals surface area (Å²) in [5, 5.41) is 10.5. The minimum Gasteiger partial charge on any atom is -0.491 e. The highest BCUT2D eigenvalue weighted by atomic mass is 19.1. The Balaban J connectivity index is 1.65. The van der Waals surface area contributed by atoms with Crippen LogP contribution in [-0.2, 0) is 12.0 Å². The second-order valence-corrected chi connectivity index (χ2v) is 7.60. The molecular weight excluding hydrogens is 347 g/mol. The van der Waals surface area contributed by atoms with Crippen molar-refractivity contribution in [2.75, 3.05) is 6.61 Å². The molecule has 0 spiro atoms. The van der Waals surface area contributed by atoms with E-state index in [1.165, 1.54) is 34.7 Å². The molecule has 27 heavy (non-hydrogen) atoms. The molecule has 0 saturated heterocycles. The number of hydrogen-bond donors (Lipinski definition) is 1. The third kappa shape index (κ3) is 4.52. The van der Waals surface area contributed by atoms with Crippen LogP contribution >= 0.6 is 0 Å². The fourth-order valence-corrected chi connectivity index (χ4v) is 2.78. The summed E-state index contributed by atoms with van der Waals surface area (Å²) >= 11 is 0. The van der Waals surface area contributed by atoms with E-state index >= 15 is 0 Å². The monoisotopic (exact) mass is 370 g/mol. The molecule has 3 aromatic rings. The maximum absolute atomic E-state index is 13.2. The zero-order valence-corrected chi connectivity index (χ0v) is 15.6. The number of halogens is 1. The summed E-state index contributed by atoms with van der Waals surface area (Å²) in [7, 11) is 0. The minimum absolute atomic E-state index is 0.0409. The van der Waals surface area contributed by atoms with Crippen molar-refractivity contribution < 1.29 is 14.2 Å². The zero-order chi connectivity index (χ0) is 19.6. The molecule has 0 saturated carbocycles. The van der Waals surface area contributed by atoms with Crippen molar-refractivity contribution in [2.45, 2.75) is 38.8 Å². The number of ether oxygens (including phenoxy) is 1. The topological polar surface area (TPSA) is 64.3 Å². The molecular formula is C21H23FN2O3. The van der Waals surface area contributed by atoms with Gasteiger partial charge in [-0.2, -0.15) is 0 Å². The summed E-state index contributed by atoms with van der Waals surface area (Å²) in [5.41, 5.74) is 1.22. The van der Waals surface area contributed by atoms with Crippen LogP contribution in [0.15, 0.2) is 53.6 Å². The largest absolute Gasteiger partial charge is 0.491 e. The zero-order valence-electron chi connectivity index (χ0n) is 15.6. The third-order valence-corrected chi connectivity index (χ3v) is 4.36. The molecule has 0 amide bonds. The van der Waals surface area contributed by atoms with Crippen LogP contribution in [0.3, 0.4) is 0 Å². The Morgan fingerprint density at radius 2 is 1.89 bits per heavy atom. The lowest BCUT2D eigenvalue weighted by Gasteiger charge is -2.19. The summed E-state index contributed by atoms with van der Waals surface area (Å²) in [4.78, 5) is 16.5. The lowest BCUT2D eigenvalue weighted by Crippen LogP contribution is -2.30. The summed E-state index contributed by atoms with van der Waals surface area (Å²) in [6.07, 6.45) is 0.426. The van der Waals surface area contributed by atoms with Gasteiger partial charge in [0.05, 0.1) is 23.8 Å². The maximum Gasteiger partial charge on any atom is 0.261 e. The lowest BCUT2D eigenvalue weighted by molar-refractivity contribution is 0.0914. The van der Waals surface area contributed by atoms with Gasteiger partial charge in [-0.15, -0.1) is 0 Å². The summed E-state index contributed by atoms with van der Waals surface area (Å²) in [6.45, 7) is 6.49. The number of hydrogen-bond acceptors (Lipinski definition) is 4. The average molecular weight is 370 g/mol. The maximum atomic E-state index is 13.2. The highest BCUT2D eigenvalue weighted by Gasteiger charge is 2.14. The number of fused-ring (bicyclic) bond motifs is 1. The van der Waals surface area contributed by atoms with Gasteiger partial charge in [-0.25, -0.2) is 9.37 Å². The van der Waals surface area contributed by atoms with Crippen molar-refractivity contribution in [1.29, 1.82) is 0 Å². The van der Waals surface area contributed by atoms with Crippen LogP contribution in [0.1, 0.15) is 26.3 Å². The second-order valence-electron chi connectivity index (χ2n) is 7.60. The molecule has 142 valence electrons. The first kappa shape index (κ1) is 19.0. The van der Waals surface area contributed by atoms with Crippen molar-refractivity contribution in [3.05, 3.63) is 70.5 Å². The van der Waals surface area contributed by atoms with E-state index in [9.17, 15) is 14.3 Å². The van der Waals surface area contributed by atoms with Crippen molar-refractivity contribution in [1.82, 2.24) is 9.55 Å². The minimum atomic E-state index is -0.885. The molecule has 1 heterocycles. The van der Waals surface area contributed by atoms with Crippen LogP contribution < -0.4 is 10.3 Å².